The molecule has 2 heterocycles. The van der Waals surface area contributed by atoms with Gasteiger partial charge < -0.3 is 9.13 Å². The van der Waals surface area contributed by atoms with Crippen LogP contribution in [0, 0.1) is 64.2 Å². The first-order chi connectivity index (χ1) is 30.8. The largest absolute Gasteiger partial charge is 0.417 e. The first kappa shape index (κ1) is 40.2. The van der Waals surface area contributed by atoms with Crippen LogP contribution < -0.4 is 0 Å². The number of halogens is 3. The van der Waals surface area contributed by atoms with Crippen LogP contribution in [0.5, 0.6) is 0 Å². The summed E-state index contributed by atoms with van der Waals surface area (Å²) in [5.41, 5.74) is 14.4. The molecule has 4 nitrogen and oxygen atoms in total. The lowest BCUT2D eigenvalue weighted by molar-refractivity contribution is -0.137. The normalized spacial score (nSPS) is 11.8. The topological polar surface area (TPSA) is 57.4 Å². The third kappa shape index (κ3) is 6.27. The van der Waals surface area contributed by atoms with Crippen molar-refractivity contribution in [2.45, 2.75) is 47.7 Å². The number of rotatable bonds is 5. The number of alkyl halides is 3. The summed E-state index contributed by atoms with van der Waals surface area (Å²) < 4.78 is 49.3. The fourth-order valence-electron chi connectivity index (χ4n) is 10.5. The molecule has 0 saturated heterocycles. The molecule has 0 bridgehead atoms. The Kier molecular flexibility index (Phi) is 9.36. The average Bonchev–Trinajstić information content (AvgIpc) is 3.77. The zero-order valence-electron chi connectivity index (χ0n) is 36.2. The standard InChI is InChI=1S/C57H41F3N4/c1-32-22-34(3)54(35(4)23-32)38-18-20-50-44(26-38)42-13-7-9-16-48(42)63(50)52-28-41(56-40(30-61)12-11-15-47(56)57(58,59)60)29-53(46(52)31-62)64-49-17-10-8-14-43(49)45-27-39(19-21-51(45)64)55-36(5)24-33(2)25-37(55)6/h7-29H,1-6H3. The number of hydrogen-bond acceptors (Lipinski definition) is 2. The van der Waals surface area contributed by atoms with Gasteiger partial charge in [0.05, 0.1) is 50.6 Å². The Morgan fingerprint density at radius 1 is 0.422 bits per heavy atom. The quantitative estimate of drug-likeness (QED) is 0.173. The number of aromatic nitrogens is 2. The molecule has 0 aliphatic rings. The van der Waals surface area contributed by atoms with Crippen molar-refractivity contribution in [2.24, 2.45) is 0 Å². The van der Waals surface area contributed by atoms with Crippen LogP contribution in [-0.4, -0.2) is 9.13 Å². The minimum Gasteiger partial charge on any atom is -0.308 e. The van der Waals surface area contributed by atoms with Gasteiger partial charge in [-0.3, -0.25) is 0 Å². The molecule has 0 radical (unpaired) electrons. The van der Waals surface area contributed by atoms with Gasteiger partial charge in [-0.15, -0.1) is 0 Å². The van der Waals surface area contributed by atoms with Crippen molar-refractivity contribution in [2.75, 3.05) is 0 Å². The zero-order valence-corrected chi connectivity index (χ0v) is 36.2. The maximum atomic E-state index is 15.1. The maximum Gasteiger partial charge on any atom is 0.417 e. The Hall–Kier alpha value is -7.87. The highest BCUT2D eigenvalue weighted by Gasteiger charge is 2.35. The van der Waals surface area contributed by atoms with Gasteiger partial charge in [-0.2, -0.15) is 23.7 Å². The van der Waals surface area contributed by atoms with Crippen LogP contribution in [0.4, 0.5) is 13.2 Å². The summed E-state index contributed by atoms with van der Waals surface area (Å²) in [6, 6.07) is 48.7. The number of hydrogen-bond donors (Lipinski definition) is 0. The van der Waals surface area contributed by atoms with Crippen molar-refractivity contribution < 1.29 is 13.2 Å². The Morgan fingerprint density at radius 2 is 0.859 bits per heavy atom. The number of nitrogens with zero attached hydrogens (tertiary/aromatic N) is 4. The molecule has 8 aromatic carbocycles. The monoisotopic (exact) mass is 838 g/mol. The molecule has 7 heteroatoms. The van der Waals surface area contributed by atoms with Crippen LogP contribution in [-0.2, 0) is 6.18 Å². The Bertz CT molecular complexity index is 3450. The van der Waals surface area contributed by atoms with Crippen LogP contribution >= 0.6 is 0 Å². The molecule has 10 rings (SSSR count). The lowest BCUT2D eigenvalue weighted by Crippen LogP contribution is -2.10. The van der Waals surface area contributed by atoms with E-state index in [1.807, 2.05) is 69.8 Å². The van der Waals surface area contributed by atoms with Gasteiger partial charge in [-0.1, -0.05) is 90.0 Å². The van der Waals surface area contributed by atoms with Crippen molar-refractivity contribution in [3.05, 3.63) is 190 Å². The van der Waals surface area contributed by atoms with Gasteiger partial charge in [-0.25, -0.2) is 0 Å². The van der Waals surface area contributed by atoms with E-state index in [1.165, 1.54) is 23.3 Å². The summed E-state index contributed by atoms with van der Waals surface area (Å²) in [4.78, 5) is 0. The molecule has 0 unspecified atom stereocenters. The van der Waals surface area contributed by atoms with Crippen LogP contribution in [0.15, 0.2) is 140 Å². The van der Waals surface area contributed by atoms with Gasteiger partial charge >= 0.3 is 6.18 Å². The predicted octanol–water partition coefficient (Wildman–Crippen LogP) is 15.5. The summed E-state index contributed by atoms with van der Waals surface area (Å²) in [7, 11) is 0. The second kappa shape index (κ2) is 14.9. The molecule has 64 heavy (non-hydrogen) atoms. The summed E-state index contributed by atoms with van der Waals surface area (Å²) in [6.07, 6.45) is -4.78. The Labute approximate surface area is 369 Å². The Morgan fingerprint density at radius 3 is 1.28 bits per heavy atom. The van der Waals surface area contributed by atoms with E-state index < -0.39 is 11.7 Å². The van der Waals surface area contributed by atoms with Crippen LogP contribution in [0.3, 0.4) is 0 Å². The van der Waals surface area contributed by atoms with Gasteiger partial charge in [0.2, 0.25) is 0 Å². The second-order valence-corrected chi connectivity index (χ2v) is 17.1. The van der Waals surface area contributed by atoms with Crippen molar-refractivity contribution in [1.29, 1.82) is 10.5 Å². The smallest absolute Gasteiger partial charge is 0.308 e. The first-order valence-corrected chi connectivity index (χ1v) is 21.2. The highest BCUT2D eigenvalue weighted by molar-refractivity contribution is 6.13. The van der Waals surface area contributed by atoms with E-state index in [-0.39, 0.29) is 22.3 Å². The number of fused-ring (bicyclic) bond motifs is 6. The molecule has 0 atom stereocenters. The summed E-state index contributed by atoms with van der Waals surface area (Å²) in [5, 5.41) is 25.6. The highest BCUT2D eigenvalue weighted by Crippen LogP contribution is 2.45. The van der Waals surface area contributed by atoms with E-state index >= 15 is 13.2 Å². The Balaban J connectivity index is 1.34. The lowest BCUT2D eigenvalue weighted by Gasteiger charge is -2.20. The molecule has 10 aromatic rings. The third-order valence-corrected chi connectivity index (χ3v) is 12.7. The third-order valence-electron chi connectivity index (χ3n) is 12.7. The summed E-state index contributed by atoms with van der Waals surface area (Å²) >= 11 is 0. The number of para-hydroxylation sites is 2. The summed E-state index contributed by atoms with van der Waals surface area (Å²) in [5.74, 6) is 0. The number of benzene rings is 8. The minimum absolute atomic E-state index is 0.122. The van der Waals surface area contributed by atoms with E-state index in [1.54, 1.807) is 12.1 Å². The molecule has 2 aromatic heterocycles. The minimum atomic E-state index is -4.78. The predicted molar refractivity (Wildman–Crippen MR) is 254 cm³/mol. The molecule has 0 aliphatic carbocycles. The molecule has 0 spiro atoms. The molecular formula is C57H41F3N4. The molecular weight excluding hydrogens is 798 g/mol. The number of nitriles is 2. The molecule has 310 valence electrons. The van der Waals surface area contributed by atoms with Crippen molar-refractivity contribution in [3.8, 4) is 56.9 Å². The van der Waals surface area contributed by atoms with E-state index in [0.717, 1.165) is 94.2 Å². The van der Waals surface area contributed by atoms with E-state index in [2.05, 4.69) is 102 Å². The molecule has 0 fully saturated rings. The van der Waals surface area contributed by atoms with Gasteiger partial charge in [0.1, 0.15) is 11.6 Å². The van der Waals surface area contributed by atoms with Gasteiger partial charge in [0.25, 0.3) is 0 Å². The van der Waals surface area contributed by atoms with E-state index in [9.17, 15) is 10.5 Å². The van der Waals surface area contributed by atoms with Crippen molar-refractivity contribution >= 4 is 43.6 Å². The highest BCUT2D eigenvalue weighted by atomic mass is 19.4. The number of aryl methyl sites for hydroxylation is 6. The second-order valence-electron chi connectivity index (χ2n) is 17.1. The average molecular weight is 839 g/mol. The van der Waals surface area contributed by atoms with Gasteiger partial charge in [-0.05, 0) is 152 Å². The van der Waals surface area contributed by atoms with E-state index in [0.29, 0.717) is 11.4 Å². The molecule has 0 saturated carbocycles. The van der Waals surface area contributed by atoms with Gasteiger partial charge in [0, 0.05) is 27.1 Å². The zero-order chi connectivity index (χ0) is 44.8. The maximum absolute atomic E-state index is 15.1. The van der Waals surface area contributed by atoms with Crippen LogP contribution in [0.25, 0.3) is 88.4 Å². The molecule has 0 N–H and O–H groups in total. The SMILES string of the molecule is Cc1cc(C)c(-c2ccc3c(c2)c2ccccc2n3-c2cc(-c3c(C#N)cccc3C(F)(F)F)cc(-n3c4ccccc4c4cc(-c5c(C)cc(C)cc5C)ccc43)c2C#N)c(C)c1. The summed E-state index contributed by atoms with van der Waals surface area (Å²) in [6.45, 7) is 12.6. The fraction of sp³-hybridized carbons (Fsp3) is 0.123. The van der Waals surface area contributed by atoms with Gasteiger partial charge in [0.15, 0.2) is 0 Å². The van der Waals surface area contributed by atoms with Crippen LogP contribution in [0.2, 0.25) is 0 Å². The van der Waals surface area contributed by atoms with Crippen molar-refractivity contribution in [3.63, 3.8) is 0 Å². The first-order valence-electron chi connectivity index (χ1n) is 21.2. The fourth-order valence-corrected chi connectivity index (χ4v) is 10.5. The van der Waals surface area contributed by atoms with E-state index in [4.69, 9.17) is 0 Å². The lowest BCUT2D eigenvalue weighted by atomic mass is 9.92. The van der Waals surface area contributed by atoms with Crippen molar-refractivity contribution in [1.82, 2.24) is 9.13 Å². The van der Waals surface area contributed by atoms with Crippen LogP contribution in [0.1, 0.15) is 50.1 Å². The molecule has 0 aliphatic heterocycles. The molecule has 0 amide bonds.